The number of halogens is 1. The first-order valence-electron chi connectivity index (χ1n) is 4.42. The minimum atomic E-state index is -0.852. The molecule has 78 valence electrons. The van der Waals surface area contributed by atoms with E-state index in [9.17, 15) is 10.2 Å². The van der Waals surface area contributed by atoms with E-state index in [1.54, 1.807) is 12.1 Å². The Kier molecular flexibility index (Phi) is 4.04. The zero-order valence-corrected chi connectivity index (χ0v) is 9.82. The quantitative estimate of drug-likeness (QED) is 0.809. The van der Waals surface area contributed by atoms with Crippen molar-refractivity contribution in [2.45, 2.75) is 26.1 Å². The molecule has 0 spiro atoms. The van der Waals surface area contributed by atoms with Gasteiger partial charge in [-0.2, -0.15) is 0 Å². The molecule has 0 fully saturated rings. The number of aliphatic hydroxyl groups is 2. The maximum Gasteiger partial charge on any atom is 0.106 e. The Hall–Kier alpha value is -0.450. The van der Waals surface area contributed by atoms with E-state index in [1.807, 2.05) is 13.8 Å². The van der Waals surface area contributed by atoms with Crippen molar-refractivity contribution >= 4 is 15.9 Å². The lowest BCUT2D eigenvalue weighted by Gasteiger charge is -2.16. The molecule has 1 rings (SSSR count). The summed E-state index contributed by atoms with van der Waals surface area (Å²) in [6, 6.07) is 3.56. The van der Waals surface area contributed by atoms with Gasteiger partial charge in [0, 0.05) is 16.7 Å². The number of alkyl halides is 1. The lowest BCUT2D eigenvalue weighted by atomic mass is 10.0. The number of pyridine rings is 1. The van der Waals surface area contributed by atoms with Crippen LogP contribution in [0.3, 0.4) is 0 Å². The molecular weight excluding hydrogens is 246 g/mol. The molecule has 1 heterocycles. The molecule has 0 aliphatic rings. The summed E-state index contributed by atoms with van der Waals surface area (Å²) in [4.78, 5) is 4.20. The SMILES string of the molecule is Cc1cc(C(O)C(O)CBr)cc(C)n1. The van der Waals surface area contributed by atoms with Crippen LogP contribution in [-0.2, 0) is 0 Å². The Balaban J connectivity index is 2.94. The maximum atomic E-state index is 9.73. The Morgan fingerprint density at radius 2 is 1.79 bits per heavy atom. The summed E-state index contributed by atoms with van der Waals surface area (Å²) in [6.07, 6.45) is -1.63. The van der Waals surface area contributed by atoms with Crippen molar-refractivity contribution in [3.8, 4) is 0 Å². The summed E-state index contributed by atoms with van der Waals surface area (Å²) < 4.78 is 0. The third kappa shape index (κ3) is 2.77. The van der Waals surface area contributed by atoms with Gasteiger partial charge >= 0.3 is 0 Å². The maximum absolute atomic E-state index is 9.73. The molecule has 0 saturated heterocycles. The highest BCUT2D eigenvalue weighted by atomic mass is 79.9. The number of hydrogen-bond acceptors (Lipinski definition) is 3. The fourth-order valence-corrected chi connectivity index (χ4v) is 1.70. The molecule has 1 aromatic rings. The van der Waals surface area contributed by atoms with E-state index >= 15 is 0 Å². The van der Waals surface area contributed by atoms with Gasteiger partial charge in [0.05, 0.1) is 6.10 Å². The Labute approximate surface area is 91.9 Å². The first-order valence-corrected chi connectivity index (χ1v) is 5.54. The fraction of sp³-hybridized carbons (Fsp3) is 0.500. The Bertz CT molecular complexity index is 297. The van der Waals surface area contributed by atoms with E-state index < -0.39 is 12.2 Å². The zero-order chi connectivity index (χ0) is 10.7. The van der Waals surface area contributed by atoms with Crippen LogP contribution in [0, 0.1) is 13.8 Å². The molecule has 14 heavy (non-hydrogen) atoms. The number of rotatable bonds is 3. The molecule has 2 unspecified atom stereocenters. The zero-order valence-electron chi connectivity index (χ0n) is 8.24. The highest BCUT2D eigenvalue weighted by Crippen LogP contribution is 2.19. The third-order valence-electron chi connectivity index (χ3n) is 1.97. The molecule has 1 aromatic heterocycles. The van der Waals surface area contributed by atoms with Gasteiger partial charge in [-0.05, 0) is 31.5 Å². The van der Waals surface area contributed by atoms with Gasteiger partial charge in [-0.3, -0.25) is 4.98 Å². The van der Waals surface area contributed by atoms with E-state index in [2.05, 4.69) is 20.9 Å². The number of aryl methyl sites for hydroxylation is 2. The molecule has 0 bridgehead atoms. The summed E-state index contributed by atoms with van der Waals surface area (Å²) >= 11 is 3.12. The molecule has 0 aliphatic heterocycles. The molecule has 0 saturated carbocycles. The molecule has 0 aromatic carbocycles. The van der Waals surface area contributed by atoms with Crippen molar-refractivity contribution in [2.24, 2.45) is 0 Å². The molecule has 4 heteroatoms. The second-order valence-corrected chi connectivity index (χ2v) is 4.00. The first kappa shape index (κ1) is 11.6. The topological polar surface area (TPSA) is 53.4 Å². The van der Waals surface area contributed by atoms with Gasteiger partial charge in [0.15, 0.2) is 0 Å². The molecular formula is C10H14BrNO2. The summed E-state index contributed by atoms with van der Waals surface area (Å²) in [5, 5.41) is 19.5. The van der Waals surface area contributed by atoms with E-state index in [-0.39, 0.29) is 0 Å². The lowest BCUT2D eigenvalue weighted by Crippen LogP contribution is -2.19. The third-order valence-corrected chi connectivity index (χ3v) is 2.63. The predicted molar refractivity (Wildman–Crippen MR) is 58.5 cm³/mol. The van der Waals surface area contributed by atoms with E-state index in [1.165, 1.54) is 0 Å². The summed E-state index contributed by atoms with van der Waals surface area (Å²) in [6.45, 7) is 3.73. The van der Waals surface area contributed by atoms with E-state index in [0.717, 1.165) is 11.4 Å². The van der Waals surface area contributed by atoms with Crippen LogP contribution in [0.1, 0.15) is 23.1 Å². The monoisotopic (exact) mass is 259 g/mol. The average molecular weight is 260 g/mol. The fourth-order valence-electron chi connectivity index (χ4n) is 1.34. The summed E-state index contributed by atoms with van der Waals surface area (Å²) in [5.41, 5.74) is 2.41. The van der Waals surface area contributed by atoms with Crippen LogP contribution in [0.4, 0.5) is 0 Å². The van der Waals surface area contributed by atoms with Crippen LogP contribution in [0.25, 0.3) is 0 Å². The second kappa shape index (κ2) is 4.87. The van der Waals surface area contributed by atoms with Gasteiger partial charge in [-0.25, -0.2) is 0 Å². The van der Waals surface area contributed by atoms with Crippen molar-refractivity contribution in [3.05, 3.63) is 29.1 Å². The summed E-state index contributed by atoms with van der Waals surface area (Å²) in [7, 11) is 0. The Morgan fingerprint density at radius 3 is 2.21 bits per heavy atom. The predicted octanol–water partition coefficient (Wildman–Crippen LogP) is 1.49. The van der Waals surface area contributed by atoms with Crippen LogP contribution in [-0.4, -0.2) is 26.6 Å². The first-order chi connectivity index (χ1) is 6.54. The molecule has 0 radical (unpaired) electrons. The lowest BCUT2D eigenvalue weighted by molar-refractivity contribution is 0.0341. The van der Waals surface area contributed by atoms with Crippen LogP contribution in [0.15, 0.2) is 12.1 Å². The molecule has 3 nitrogen and oxygen atoms in total. The van der Waals surface area contributed by atoms with Crippen LogP contribution >= 0.6 is 15.9 Å². The van der Waals surface area contributed by atoms with Gasteiger partial charge in [0.1, 0.15) is 6.10 Å². The molecule has 0 amide bonds. The van der Waals surface area contributed by atoms with Gasteiger partial charge in [0.2, 0.25) is 0 Å². The number of hydrogen-bond donors (Lipinski definition) is 2. The van der Waals surface area contributed by atoms with Crippen molar-refractivity contribution < 1.29 is 10.2 Å². The smallest absolute Gasteiger partial charge is 0.106 e. The van der Waals surface area contributed by atoms with Crippen LogP contribution < -0.4 is 0 Å². The van der Waals surface area contributed by atoms with Crippen molar-refractivity contribution in [1.29, 1.82) is 0 Å². The molecule has 2 N–H and O–H groups in total. The van der Waals surface area contributed by atoms with Crippen molar-refractivity contribution in [2.75, 3.05) is 5.33 Å². The molecule has 0 aliphatic carbocycles. The van der Waals surface area contributed by atoms with Gasteiger partial charge in [-0.1, -0.05) is 15.9 Å². The number of nitrogens with zero attached hydrogens (tertiary/aromatic N) is 1. The highest BCUT2D eigenvalue weighted by Gasteiger charge is 2.17. The van der Waals surface area contributed by atoms with Gasteiger partial charge < -0.3 is 10.2 Å². The Morgan fingerprint density at radius 1 is 1.29 bits per heavy atom. The minimum absolute atomic E-state index is 0.356. The molecule has 2 atom stereocenters. The minimum Gasteiger partial charge on any atom is -0.389 e. The van der Waals surface area contributed by atoms with E-state index in [0.29, 0.717) is 10.9 Å². The van der Waals surface area contributed by atoms with Crippen molar-refractivity contribution in [1.82, 2.24) is 4.98 Å². The standard InChI is InChI=1S/C10H14BrNO2/c1-6-3-8(4-7(2)12-6)10(14)9(13)5-11/h3-4,9-10,13-14H,5H2,1-2H3. The van der Waals surface area contributed by atoms with Crippen molar-refractivity contribution in [3.63, 3.8) is 0 Å². The largest absolute Gasteiger partial charge is 0.389 e. The summed E-state index contributed by atoms with van der Waals surface area (Å²) in [5.74, 6) is 0. The highest BCUT2D eigenvalue weighted by molar-refractivity contribution is 9.09. The normalized spacial score (nSPS) is 15.2. The van der Waals surface area contributed by atoms with Crippen LogP contribution in [0.2, 0.25) is 0 Å². The number of aromatic nitrogens is 1. The number of aliphatic hydroxyl groups excluding tert-OH is 2. The van der Waals surface area contributed by atoms with Gasteiger partial charge in [0.25, 0.3) is 0 Å². The van der Waals surface area contributed by atoms with Crippen LogP contribution in [0.5, 0.6) is 0 Å². The second-order valence-electron chi connectivity index (χ2n) is 3.35. The van der Waals surface area contributed by atoms with Gasteiger partial charge in [-0.15, -0.1) is 0 Å². The van der Waals surface area contributed by atoms with E-state index in [4.69, 9.17) is 0 Å². The average Bonchev–Trinajstić information content (AvgIpc) is 2.14.